The van der Waals surface area contributed by atoms with Gasteiger partial charge < -0.3 is 28.9 Å². The number of rotatable bonds is 15. The topological polar surface area (TPSA) is 157 Å². The van der Waals surface area contributed by atoms with Crippen LogP contribution >= 0.6 is 7.82 Å². The Morgan fingerprint density at radius 1 is 0.561 bits per heavy atom. The second-order valence-electron chi connectivity index (χ2n) is 9.59. The smallest absolute Gasteiger partial charge is 0.481 e. The van der Waals surface area contributed by atoms with E-state index in [2.05, 4.69) is 0 Å². The molecule has 0 amide bonds. The fraction of sp³-hybridized carbons (Fsp3) is 0.300. The largest absolute Gasteiger partial charge is 0.647 e. The first-order chi connectivity index (χ1) is 19.4. The van der Waals surface area contributed by atoms with Crippen LogP contribution in [0.25, 0.3) is 0 Å². The number of carbonyl (C=O) groups is 3. The molecule has 0 aromatic heterocycles. The minimum absolute atomic E-state index is 0.0921. The number of para-hydroxylation sites is 3. The lowest BCUT2D eigenvalue weighted by atomic mass is 10.1. The molecule has 3 rings (SSSR count). The van der Waals surface area contributed by atoms with Crippen molar-refractivity contribution < 1.29 is 47.8 Å². The van der Waals surface area contributed by atoms with Gasteiger partial charge in [-0.15, -0.1) is 0 Å². The second kappa shape index (κ2) is 13.9. The van der Waals surface area contributed by atoms with E-state index in [4.69, 9.17) is 13.6 Å². The molecule has 0 spiro atoms. The molecule has 3 N–H and O–H groups in total. The van der Waals surface area contributed by atoms with Crippen LogP contribution in [-0.4, -0.2) is 33.2 Å². The zero-order valence-electron chi connectivity index (χ0n) is 23.1. The van der Waals surface area contributed by atoms with E-state index in [1.807, 2.05) is 0 Å². The van der Waals surface area contributed by atoms with Crippen molar-refractivity contribution in [2.24, 2.45) is 0 Å². The number of carboxylic acids is 3. The van der Waals surface area contributed by atoms with Crippen LogP contribution in [0.15, 0.2) is 54.6 Å². The Bertz CT molecular complexity index is 1310. The number of benzene rings is 3. The van der Waals surface area contributed by atoms with E-state index < -0.39 is 25.7 Å². The molecule has 3 aromatic rings. The maximum absolute atomic E-state index is 14.6. The zero-order valence-corrected chi connectivity index (χ0v) is 24.0. The molecule has 0 fully saturated rings. The van der Waals surface area contributed by atoms with Gasteiger partial charge in [-0.3, -0.25) is 14.4 Å². The second-order valence-corrected chi connectivity index (χ2v) is 11.0. The molecule has 0 aliphatic heterocycles. The van der Waals surface area contributed by atoms with Gasteiger partial charge in [0.2, 0.25) is 0 Å². The highest BCUT2D eigenvalue weighted by Gasteiger charge is 2.37. The molecule has 0 unspecified atom stereocenters. The molecule has 0 atom stereocenters. The summed E-state index contributed by atoms with van der Waals surface area (Å²) in [5.74, 6) is -2.63. The van der Waals surface area contributed by atoms with Gasteiger partial charge in [-0.2, -0.15) is 4.57 Å². The van der Waals surface area contributed by atoms with Gasteiger partial charge in [-0.25, -0.2) is 0 Å². The number of phosphoric acid groups is 1. The Labute approximate surface area is 238 Å². The van der Waals surface area contributed by atoms with Crippen LogP contribution in [0.1, 0.15) is 52.6 Å². The third-order valence-electron chi connectivity index (χ3n) is 6.31. The lowest BCUT2D eigenvalue weighted by Gasteiger charge is -2.25. The molecule has 0 saturated carbocycles. The summed E-state index contributed by atoms with van der Waals surface area (Å²) >= 11 is 0. The highest BCUT2D eigenvalue weighted by Crippen LogP contribution is 2.53. The summed E-state index contributed by atoms with van der Waals surface area (Å²) in [6.45, 7) is 5.13. The van der Waals surface area contributed by atoms with Crippen molar-refractivity contribution in [1.82, 2.24) is 0 Å². The van der Waals surface area contributed by atoms with E-state index >= 15 is 0 Å². The number of carboxylic acid groups (broad SMARTS) is 3. The van der Waals surface area contributed by atoms with Gasteiger partial charge >= 0.3 is 25.7 Å². The molecule has 0 aliphatic carbocycles. The minimum Gasteiger partial charge on any atom is -0.481 e. The minimum atomic E-state index is -4.63. The molecule has 0 bridgehead atoms. The van der Waals surface area contributed by atoms with Crippen molar-refractivity contribution >= 4 is 25.7 Å². The van der Waals surface area contributed by atoms with Gasteiger partial charge in [0, 0.05) is 19.3 Å². The van der Waals surface area contributed by atoms with Crippen molar-refractivity contribution in [2.75, 3.05) is 0 Å². The van der Waals surface area contributed by atoms with Crippen molar-refractivity contribution in [1.29, 1.82) is 0 Å². The average molecular weight is 585 g/mol. The van der Waals surface area contributed by atoms with E-state index in [9.17, 15) is 34.3 Å². The van der Waals surface area contributed by atoms with Gasteiger partial charge in [0.25, 0.3) is 0 Å². The highest BCUT2D eigenvalue weighted by molar-refractivity contribution is 7.49. The lowest BCUT2D eigenvalue weighted by molar-refractivity contribution is -0.138. The van der Waals surface area contributed by atoms with E-state index in [0.717, 1.165) is 0 Å². The molecule has 0 heterocycles. The fourth-order valence-electron chi connectivity index (χ4n) is 4.24. The number of aliphatic carboxylic acids is 3. The van der Waals surface area contributed by atoms with E-state index in [1.54, 1.807) is 75.4 Å². The van der Waals surface area contributed by atoms with Crippen LogP contribution in [0.5, 0.6) is 17.2 Å². The molecule has 0 saturated heterocycles. The Morgan fingerprint density at radius 2 is 0.829 bits per heavy atom. The third kappa shape index (κ3) is 8.85. The summed E-state index contributed by atoms with van der Waals surface area (Å²) in [4.78, 5) is 33.8. The average Bonchev–Trinajstić information content (AvgIpc) is 2.89. The standard InChI is InChI=1S/C30H33O10P/c1-19-7-4-10-22(13-16-25(31)32)28(19)38-41(37,39-29-20(2)8-5-11-23(29)14-17-26(33)34)40-30-21(3)9-6-12-24(30)15-18-27(35)36/h4-12H,13-18H2,1-3H3,(H,31,32)(H,33,34)(H,35,36). The van der Waals surface area contributed by atoms with Crippen LogP contribution in [0, 0.1) is 20.8 Å². The molecule has 11 heteroatoms. The fourth-order valence-corrected chi connectivity index (χ4v) is 5.80. The van der Waals surface area contributed by atoms with Crippen molar-refractivity contribution in [3.8, 4) is 17.2 Å². The summed E-state index contributed by atoms with van der Waals surface area (Å²) in [6, 6.07) is 15.3. The third-order valence-corrected chi connectivity index (χ3v) is 7.53. The number of phosphoric ester groups is 1. The summed E-state index contributed by atoms with van der Waals surface area (Å²) < 4.78 is 32.8. The quantitative estimate of drug-likeness (QED) is 0.173. The number of hydrogen-bond acceptors (Lipinski definition) is 7. The summed E-state index contributed by atoms with van der Waals surface area (Å²) in [5, 5.41) is 27.7. The van der Waals surface area contributed by atoms with E-state index in [0.29, 0.717) is 33.4 Å². The van der Waals surface area contributed by atoms with Crippen LogP contribution in [0.2, 0.25) is 0 Å². The molecular weight excluding hydrogens is 551 g/mol. The Hall–Kier alpha value is -4.30. The molecule has 0 aliphatic rings. The monoisotopic (exact) mass is 584 g/mol. The molecule has 0 radical (unpaired) electrons. The van der Waals surface area contributed by atoms with Gasteiger partial charge in [0.1, 0.15) is 17.2 Å². The predicted molar refractivity (Wildman–Crippen MR) is 151 cm³/mol. The number of aryl methyl sites for hydroxylation is 6. The Balaban J connectivity index is 2.13. The molecule has 10 nitrogen and oxygen atoms in total. The summed E-state index contributed by atoms with van der Waals surface area (Å²) in [5.41, 5.74) is 3.12. The normalized spacial score (nSPS) is 11.1. The van der Waals surface area contributed by atoms with Gasteiger partial charge in [-0.1, -0.05) is 54.6 Å². The molecule has 41 heavy (non-hydrogen) atoms. The van der Waals surface area contributed by atoms with Crippen molar-refractivity contribution in [3.63, 3.8) is 0 Å². The zero-order chi connectivity index (χ0) is 30.2. The first-order valence-corrected chi connectivity index (χ1v) is 14.4. The van der Waals surface area contributed by atoms with Gasteiger partial charge in [-0.05, 0) is 73.4 Å². The highest BCUT2D eigenvalue weighted by atomic mass is 31.2. The van der Waals surface area contributed by atoms with Crippen molar-refractivity contribution in [2.45, 2.75) is 59.3 Å². The van der Waals surface area contributed by atoms with Crippen molar-refractivity contribution in [3.05, 3.63) is 88.0 Å². The summed E-state index contributed by atoms with van der Waals surface area (Å²) in [6.07, 6.45) is -0.307. The first-order valence-electron chi connectivity index (χ1n) is 13.0. The maximum Gasteiger partial charge on any atom is 0.647 e. The maximum atomic E-state index is 14.6. The predicted octanol–water partition coefficient (Wildman–Crippen LogP) is 6.31. The van der Waals surface area contributed by atoms with E-state index in [1.165, 1.54) is 0 Å². The first kappa shape index (κ1) is 31.2. The van der Waals surface area contributed by atoms with Crippen LogP contribution in [-0.2, 0) is 38.2 Å². The molecule has 3 aromatic carbocycles. The van der Waals surface area contributed by atoms with Crippen LogP contribution in [0.4, 0.5) is 0 Å². The SMILES string of the molecule is Cc1cccc(CCC(=O)O)c1OP(=O)(Oc1c(C)cccc1CCC(=O)O)Oc1c(C)cccc1CCC(=O)O. The van der Waals surface area contributed by atoms with Crippen LogP contribution < -0.4 is 13.6 Å². The number of hydrogen-bond donors (Lipinski definition) is 3. The lowest BCUT2D eigenvalue weighted by Crippen LogP contribution is -2.13. The summed E-state index contributed by atoms with van der Waals surface area (Å²) in [7, 11) is -4.63. The molecule has 218 valence electrons. The van der Waals surface area contributed by atoms with Gasteiger partial charge in [0.15, 0.2) is 0 Å². The molecular formula is C30H33O10P. The van der Waals surface area contributed by atoms with E-state index in [-0.39, 0.29) is 55.8 Å². The Kier molecular flexibility index (Phi) is 10.6. The van der Waals surface area contributed by atoms with Gasteiger partial charge in [0.05, 0.1) is 0 Å². The van der Waals surface area contributed by atoms with Crippen LogP contribution in [0.3, 0.4) is 0 Å². The Morgan fingerprint density at radius 3 is 1.07 bits per heavy atom.